The van der Waals surface area contributed by atoms with Crippen molar-refractivity contribution in [2.75, 3.05) is 12.8 Å². The number of halogens is 1. The fourth-order valence-corrected chi connectivity index (χ4v) is 0.868. The Hall–Kier alpha value is -1.62. The van der Waals surface area contributed by atoms with Gasteiger partial charge in [0.25, 0.3) is 0 Å². The van der Waals surface area contributed by atoms with Gasteiger partial charge in [0.1, 0.15) is 16.7 Å². The molecule has 1 aromatic heterocycles. The van der Waals surface area contributed by atoms with Gasteiger partial charge in [0.05, 0.1) is 13.3 Å². The molecule has 1 heterocycles. The summed E-state index contributed by atoms with van der Waals surface area (Å²) in [6.07, 6.45) is 3.91. The van der Waals surface area contributed by atoms with E-state index in [0.717, 1.165) is 0 Å². The summed E-state index contributed by atoms with van der Waals surface area (Å²) in [6, 6.07) is 0. The van der Waals surface area contributed by atoms with Gasteiger partial charge in [0, 0.05) is 6.08 Å². The maximum atomic E-state index is 10.8. The molecular formula is C8H8ClN3O2. The summed E-state index contributed by atoms with van der Waals surface area (Å²) >= 11 is 5.59. The topological polar surface area (TPSA) is 78.1 Å². The van der Waals surface area contributed by atoms with Gasteiger partial charge in [-0.1, -0.05) is 11.6 Å². The Labute approximate surface area is 85.6 Å². The van der Waals surface area contributed by atoms with Gasteiger partial charge in [-0.25, -0.2) is 14.8 Å². The highest BCUT2D eigenvalue weighted by atomic mass is 35.5. The predicted octanol–water partition coefficient (Wildman–Crippen LogP) is 0.898. The van der Waals surface area contributed by atoms with E-state index in [1.165, 1.54) is 25.5 Å². The zero-order valence-corrected chi connectivity index (χ0v) is 8.15. The minimum absolute atomic E-state index is 0.203. The molecule has 0 aliphatic carbocycles. The first kappa shape index (κ1) is 10.5. The van der Waals surface area contributed by atoms with Gasteiger partial charge in [-0.05, 0) is 6.08 Å². The number of nitrogens with two attached hydrogens (primary N) is 1. The number of esters is 1. The third-order valence-corrected chi connectivity index (χ3v) is 1.56. The summed E-state index contributed by atoms with van der Waals surface area (Å²) in [7, 11) is 1.28. The van der Waals surface area contributed by atoms with E-state index in [0.29, 0.717) is 5.69 Å². The van der Waals surface area contributed by atoms with Crippen molar-refractivity contribution in [3.63, 3.8) is 0 Å². The number of aromatic nitrogens is 2. The lowest BCUT2D eigenvalue weighted by Crippen LogP contribution is -1.98. The Morgan fingerprint density at radius 2 is 2.43 bits per heavy atom. The molecule has 1 rings (SSSR count). The second-order valence-corrected chi connectivity index (χ2v) is 2.71. The maximum absolute atomic E-state index is 10.8. The number of carbonyl (C=O) groups is 1. The molecule has 0 fully saturated rings. The molecule has 0 spiro atoms. The van der Waals surface area contributed by atoms with Crippen LogP contribution in [0.15, 0.2) is 12.3 Å². The Morgan fingerprint density at radius 1 is 1.71 bits per heavy atom. The summed E-state index contributed by atoms with van der Waals surface area (Å²) in [6.45, 7) is 0. The number of hydrogen-bond acceptors (Lipinski definition) is 5. The summed E-state index contributed by atoms with van der Waals surface area (Å²) in [5, 5.41) is 0.212. The second-order valence-electron chi connectivity index (χ2n) is 2.32. The zero-order chi connectivity index (χ0) is 10.6. The molecule has 0 aliphatic rings. The van der Waals surface area contributed by atoms with Crippen molar-refractivity contribution in [3.05, 3.63) is 23.1 Å². The van der Waals surface area contributed by atoms with Crippen LogP contribution in [0.4, 0.5) is 5.82 Å². The number of nitrogen functional groups attached to an aromatic ring is 1. The standard InChI is InChI=1S/C8H8ClN3O2/c1-14-7(13)3-2-5-8(10)11-4-6(9)12-5/h2-4H,1H3,(H2,10,11). The number of anilines is 1. The molecule has 74 valence electrons. The maximum Gasteiger partial charge on any atom is 0.330 e. The highest BCUT2D eigenvalue weighted by Gasteiger charge is 2.00. The minimum Gasteiger partial charge on any atom is -0.466 e. The molecular weight excluding hydrogens is 206 g/mol. The summed E-state index contributed by atoms with van der Waals surface area (Å²) < 4.78 is 4.39. The van der Waals surface area contributed by atoms with Gasteiger partial charge in [-0.15, -0.1) is 0 Å². The van der Waals surface area contributed by atoms with Crippen molar-refractivity contribution in [1.29, 1.82) is 0 Å². The van der Waals surface area contributed by atoms with E-state index >= 15 is 0 Å². The molecule has 2 N–H and O–H groups in total. The van der Waals surface area contributed by atoms with Crippen LogP contribution in [0, 0.1) is 0 Å². The molecule has 0 aliphatic heterocycles. The quantitative estimate of drug-likeness (QED) is 0.583. The van der Waals surface area contributed by atoms with Gasteiger partial charge in [0.15, 0.2) is 0 Å². The van der Waals surface area contributed by atoms with Crippen molar-refractivity contribution in [3.8, 4) is 0 Å². The van der Waals surface area contributed by atoms with E-state index in [2.05, 4.69) is 14.7 Å². The molecule has 0 atom stereocenters. The monoisotopic (exact) mass is 213 g/mol. The van der Waals surface area contributed by atoms with Gasteiger partial charge in [-0.3, -0.25) is 0 Å². The first-order valence-corrected chi connectivity index (χ1v) is 4.05. The summed E-state index contributed by atoms with van der Waals surface area (Å²) in [4.78, 5) is 18.4. The molecule has 5 nitrogen and oxygen atoms in total. The highest BCUT2D eigenvalue weighted by Crippen LogP contribution is 2.11. The van der Waals surface area contributed by atoms with E-state index in [-0.39, 0.29) is 11.0 Å². The number of ether oxygens (including phenoxy) is 1. The van der Waals surface area contributed by atoms with Crippen LogP contribution in [0.1, 0.15) is 5.69 Å². The molecule has 0 saturated carbocycles. The van der Waals surface area contributed by atoms with Crippen LogP contribution in [0.5, 0.6) is 0 Å². The third kappa shape index (κ3) is 2.70. The first-order valence-electron chi connectivity index (χ1n) is 3.67. The van der Waals surface area contributed by atoms with Crippen LogP contribution in [0.2, 0.25) is 5.15 Å². The largest absolute Gasteiger partial charge is 0.466 e. The molecule has 6 heteroatoms. The van der Waals surface area contributed by atoms with Gasteiger partial charge < -0.3 is 10.5 Å². The molecule has 0 aromatic carbocycles. The van der Waals surface area contributed by atoms with Crippen molar-refractivity contribution >= 4 is 29.5 Å². The molecule has 0 bridgehead atoms. The predicted molar refractivity (Wildman–Crippen MR) is 52.5 cm³/mol. The van der Waals surface area contributed by atoms with E-state index < -0.39 is 5.97 Å². The van der Waals surface area contributed by atoms with Crippen molar-refractivity contribution < 1.29 is 9.53 Å². The number of methoxy groups -OCH3 is 1. The Kier molecular flexibility index (Phi) is 3.41. The average Bonchev–Trinajstić information content (AvgIpc) is 2.19. The molecule has 0 radical (unpaired) electrons. The lowest BCUT2D eigenvalue weighted by molar-refractivity contribution is -0.134. The average molecular weight is 214 g/mol. The first-order chi connectivity index (χ1) is 6.63. The molecule has 14 heavy (non-hydrogen) atoms. The van der Waals surface area contributed by atoms with Crippen LogP contribution in [-0.4, -0.2) is 23.0 Å². The van der Waals surface area contributed by atoms with E-state index in [9.17, 15) is 4.79 Å². The SMILES string of the molecule is COC(=O)C=Cc1nc(Cl)cnc1N. The molecule has 1 aromatic rings. The zero-order valence-electron chi connectivity index (χ0n) is 7.40. The summed E-state index contributed by atoms with van der Waals surface area (Å²) in [5.74, 6) is -0.291. The Bertz CT molecular complexity index is 379. The van der Waals surface area contributed by atoms with Crippen molar-refractivity contribution in [2.45, 2.75) is 0 Å². The van der Waals surface area contributed by atoms with E-state index in [1.54, 1.807) is 0 Å². The van der Waals surface area contributed by atoms with Gasteiger partial charge in [-0.2, -0.15) is 0 Å². The second kappa shape index (κ2) is 4.57. The fraction of sp³-hybridized carbons (Fsp3) is 0.125. The van der Waals surface area contributed by atoms with Crippen LogP contribution in [0.3, 0.4) is 0 Å². The van der Waals surface area contributed by atoms with Gasteiger partial charge >= 0.3 is 5.97 Å². The lowest BCUT2D eigenvalue weighted by Gasteiger charge is -1.97. The number of nitrogens with zero attached hydrogens (tertiary/aromatic N) is 2. The highest BCUT2D eigenvalue weighted by molar-refractivity contribution is 6.29. The fourth-order valence-electron chi connectivity index (χ4n) is 0.728. The Morgan fingerprint density at radius 3 is 3.07 bits per heavy atom. The third-order valence-electron chi connectivity index (χ3n) is 1.38. The van der Waals surface area contributed by atoms with E-state index in [1.807, 2.05) is 0 Å². The molecule has 0 amide bonds. The van der Waals surface area contributed by atoms with Crippen LogP contribution in [0.25, 0.3) is 6.08 Å². The van der Waals surface area contributed by atoms with Gasteiger partial charge in [0.2, 0.25) is 0 Å². The van der Waals surface area contributed by atoms with E-state index in [4.69, 9.17) is 17.3 Å². The summed E-state index contributed by atoms with van der Waals surface area (Å²) in [5.41, 5.74) is 5.82. The lowest BCUT2D eigenvalue weighted by atomic mass is 10.3. The smallest absolute Gasteiger partial charge is 0.330 e. The Balaban J connectivity index is 2.90. The van der Waals surface area contributed by atoms with Crippen LogP contribution >= 0.6 is 11.6 Å². The number of hydrogen-bond donors (Lipinski definition) is 1. The van der Waals surface area contributed by atoms with Crippen LogP contribution < -0.4 is 5.73 Å². The molecule has 0 unspecified atom stereocenters. The number of carbonyl (C=O) groups excluding carboxylic acids is 1. The van der Waals surface area contributed by atoms with Crippen LogP contribution in [-0.2, 0) is 9.53 Å². The number of rotatable bonds is 2. The molecule has 0 saturated heterocycles. The minimum atomic E-state index is -0.494. The van der Waals surface area contributed by atoms with Crippen molar-refractivity contribution in [2.24, 2.45) is 0 Å². The normalized spacial score (nSPS) is 10.4. The van der Waals surface area contributed by atoms with Crippen molar-refractivity contribution in [1.82, 2.24) is 9.97 Å².